The van der Waals surface area contributed by atoms with E-state index in [9.17, 15) is 4.79 Å². The van der Waals surface area contributed by atoms with E-state index < -0.39 is 0 Å². The minimum absolute atomic E-state index is 0.252. The monoisotopic (exact) mass is 359 g/mol. The zero-order valence-corrected chi connectivity index (χ0v) is 17.0. The molecule has 1 aromatic carbocycles. The van der Waals surface area contributed by atoms with Crippen molar-refractivity contribution in [2.24, 2.45) is 0 Å². The number of esters is 1. The third-order valence-corrected chi connectivity index (χ3v) is 4.56. The van der Waals surface area contributed by atoms with Gasteiger partial charge in [0.05, 0.1) is 6.61 Å². The summed E-state index contributed by atoms with van der Waals surface area (Å²) >= 11 is 0. The molecule has 0 bridgehead atoms. The molecular formula is C23H37NO2. The Morgan fingerprint density at radius 2 is 1.42 bits per heavy atom. The van der Waals surface area contributed by atoms with Crippen molar-refractivity contribution in [2.45, 2.75) is 71.1 Å². The van der Waals surface area contributed by atoms with E-state index in [0.29, 0.717) is 6.61 Å². The van der Waals surface area contributed by atoms with E-state index in [2.05, 4.69) is 6.92 Å². The van der Waals surface area contributed by atoms with Gasteiger partial charge in [-0.15, -0.1) is 0 Å². The van der Waals surface area contributed by atoms with E-state index >= 15 is 0 Å². The second-order valence-corrected chi connectivity index (χ2v) is 7.17. The van der Waals surface area contributed by atoms with Crippen LogP contribution in [0.15, 0.2) is 30.3 Å². The minimum atomic E-state index is -0.252. The summed E-state index contributed by atoms with van der Waals surface area (Å²) in [6.45, 7) is 2.78. The number of benzene rings is 1. The summed E-state index contributed by atoms with van der Waals surface area (Å²) in [5, 5.41) is 0. The molecule has 0 fully saturated rings. The van der Waals surface area contributed by atoms with Crippen molar-refractivity contribution in [3.05, 3.63) is 35.9 Å². The molecule has 0 aliphatic heterocycles. The molecule has 0 N–H and O–H groups in total. The molecule has 0 saturated heterocycles. The number of nitrogens with zero attached hydrogens (tertiary/aromatic N) is 1. The smallest absolute Gasteiger partial charge is 0.330 e. The number of rotatable bonds is 14. The van der Waals surface area contributed by atoms with E-state index in [-0.39, 0.29) is 5.97 Å². The van der Waals surface area contributed by atoms with Gasteiger partial charge in [0.1, 0.15) is 0 Å². The summed E-state index contributed by atoms with van der Waals surface area (Å²) in [7, 11) is 4.02. The molecule has 26 heavy (non-hydrogen) atoms. The van der Waals surface area contributed by atoms with Gasteiger partial charge in [-0.05, 0) is 30.2 Å². The van der Waals surface area contributed by atoms with Crippen molar-refractivity contribution >= 4 is 17.7 Å². The molecule has 0 unspecified atom stereocenters. The lowest BCUT2D eigenvalue weighted by Crippen LogP contribution is -2.07. The Labute approximate surface area is 160 Å². The lowest BCUT2D eigenvalue weighted by molar-refractivity contribution is -0.137. The van der Waals surface area contributed by atoms with Gasteiger partial charge in [0, 0.05) is 25.9 Å². The number of carbonyl (C=O) groups is 1. The Balaban J connectivity index is 2.03. The first-order chi connectivity index (χ1) is 12.6. The molecule has 0 heterocycles. The average Bonchev–Trinajstić information content (AvgIpc) is 2.64. The van der Waals surface area contributed by atoms with Crippen LogP contribution in [0.5, 0.6) is 0 Å². The molecule has 1 aromatic rings. The SMILES string of the molecule is CCCCCCCCCCCCOC(=O)C=Cc1ccc(N(C)C)cc1. The van der Waals surface area contributed by atoms with Crippen LogP contribution in [0.3, 0.4) is 0 Å². The van der Waals surface area contributed by atoms with Gasteiger partial charge in [0.25, 0.3) is 0 Å². The number of ether oxygens (including phenoxy) is 1. The van der Waals surface area contributed by atoms with Crippen molar-refractivity contribution < 1.29 is 9.53 Å². The Kier molecular flexibility index (Phi) is 12.3. The molecule has 3 heteroatoms. The first-order valence-corrected chi connectivity index (χ1v) is 10.3. The number of anilines is 1. The molecule has 0 atom stereocenters. The van der Waals surface area contributed by atoms with Crippen molar-refractivity contribution in [2.75, 3.05) is 25.6 Å². The topological polar surface area (TPSA) is 29.5 Å². The highest BCUT2D eigenvalue weighted by molar-refractivity contribution is 5.87. The van der Waals surface area contributed by atoms with E-state index in [0.717, 1.165) is 24.1 Å². The van der Waals surface area contributed by atoms with Gasteiger partial charge in [0.2, 0.25) is 0 Å². The van der Waals surface area contributed by atoms with Crippen LogP contribution in [-0.4, -0.2) is 26.7 Å². The summed E-state index contributed by atoms with van der Waals surface area (Å²) in [6.07, 6.45) is 16.2. The van der Waals surface area contributed by atoms with Crippen LogP contribution in [0.4, 0.5) is 5.69 Å². The van der Waals surface area contributed by atoms with Gasteiger partial charge in [-0.3, -0.25) is 0 Å². The maximum atomic E-state index is 11.7. The van der Waals surface area contributed by atoms with E-state index in [1.165, 1.54) is 57.4 Å². The maximum absolute atomic E-state index is 11.7. The Morgan fingerprint density at radius 1 is 0.885 bits per heavy atom. The Hall–Kier alpha value is -1.77. The van der Waals surface area contributed by atoms with Crippen molar-refractivity contribution in [3.63, 3.8) is 0 Å². The summed E-state index contributed by atoms with van der Waals surface area (Å²) in [5.74, 6) is -0.252. The van der Waals surface area contributed by atoms with Crippen LogP contribution in [0.2, 0.25) is 0 Å². The molecule has 0 amide bonds. The molecule has 146 valence electrons. The van der Waals surface area contributed by atoms with Gasteiger partial charge in [0.15, 0.2) is 0 Å². The highest BCUT2D eigenvalue weighted by Crippen LogP contribution is 2.13. The summed E-state index contributed by atoms with van der Waals surface area (Å²) in [5.41, 5.74) is 2.15. The predicted octanol–water partition coefficient (Wildman–Crippen LogP) is 6.23. The fourth-order valence-corrected chi connectivity index (χ4v) is 2.86. The highest BCUT2D eigenvalue weighted by Gasteiger charge is 1.98. The van der Waals surface area contributed by atoms with Crippen molar-refractivity contribution in [1.29, 1.82) is 0 Å². The van der Waals surface area contributed by atoms with Gasteiger partial charge >= 0.3 is 5.97 Å². The molecule has 0 saturated carbocycles. The van der Waals surface area contributed by atoms with Crippen LogP contribution >= 0.6 is 0 Å². The first-order valence-electron chi connectivity index (χ1n) is 10.3. The third-order valence-electron chi connectivity index (χ3n) is 4.56. The first kappa shape index (κ1) is 22.3. The summed E-state index contributed by atoms with van der Waals surface area (Å²) in [4.78, 5) is 13.8. The van der Waals surface area contributed by atoms with Crippen molar-refractivity contribution in [3.8, 4) is 0 Å². The number of unbranched alkanes of at least 4 members (excludes halogenated alkanes) is 9. The molecule has 3 nitrogen and oxygen atoms in total. The van der Waals surface area contributed by atoms with Crippen LogP contribution in [0.1, 0.15) is 76.7 Å². The molecule has 0 spiro atoms. The van der Waals surface area contributed by atoms with E-state index in [4.69, 9.17) is 4.74 Å². The number of carbonyl (C=O) groups excluding carboxylic acids is 1. The molecule has 1 rings (SSSR count). The molecule has 0 aromatic heterocycles. The fraction of sp³-hybridized carbons (Fsp3) is 0.609. The molecule has 0 radical (unpaired) electrons. The van der Waals surface area contributed by atoms with Gasteiger partial charge < -0.3 is 9.64 Å². The molecule has 0 aliphatic rings. The zero-order chi connectivity index (χ0) is 19.0. The van der Waals surface area contributed by atoms with Gasteiger partial charge in [-0.2, -0.15) is 0 Å². The van der Waals surface area contributed by atoms with Gasteiger partial charge in [-0.25, -0.2) is 4.79 Å². The average molecular weight is 360 g/mol. The third kappa shape index (κ3) is 11.0. The Bertz CT molecular complexity index is 505. The summed E-state index contributed by atoms with van der Waals surface area (Å²) in [6, 6.07) is 8.08. The standard InChI is InChI=1S/C23H37NO2/c1-4-5-6-7-8-9-10-11-12-13-20-26-23(25)19-16-21-14-17-22(18-15-21)24(2)3/h14-19H,4-13,20H2,1-3H3. The molecule has 0 aliphatic carbocycles. The van der Waals surface area contributed by atoms with Crippen LogP contribution < -0.4 is 4.90 Å². The zero-order valence-electron chi connectivity index (χ0n) is 17.0. The van der Waals surface area contributed by atoms with E-state index in [1.807, 2.05) is 43.3 Å². The lowest BCUT2D eigenvalue weighted by Gasteiger charge is -2.11. The van der Waals surface area contributed by atoms with Crippen molar-refractivity contribution in [1.82, 2.24) is 0 Å². The fourth-order valence-electron chi connectivity index (χ4n) is 2.86. The van der Waals surface area contributed by atoms with Crippen LogP contribution in [0, 0.1) is 0 Å². The van der Waals surface area contributed by atoms with Gasteiger partial charge in [-0.1, -0.05) is 76.8 Å². The minimum Gasteiger partial charge on any atom is -0.463 e. The summed E-state index contributed by atoms with van der Waals surface area (Å²) < 4.78 is 5.26. The second-order valence-electron chi connectivity index (χ2n) is 7.17. The van der Waals surface area contributed by atoms with Crippen LogP contribution in [0.25, 0.3) is 6.08 Å². The molecular weight excluding hydrogens is 322 g/mol. The predicted molar refractivity (Wildman–Crippen MR) is 113 cm³/mol. The van der Waals surface area contributed by atoms with Crippen LogP contribution in [-0.2, 0) is 9.53 Å². The second kappa shape index (κ2) is 14.4. The highest BCUT2D eigenvalue weighted by atomic mass is 16.5. The van der Waals surface area contributed by atoms with E-state index in [1.54, 1.807) is 6.08 Å². The lowest BCUT2D eigenvalue weighted by atomic mass is 10.1. The number of hydrogen-bond donors (Lipinski definition) is 0. The Morgan fingerprint density at radius 3 is 1.96 bits per heavy atom. The largest absolute Gasteiger partial charge is 0.463 e. The normalized spacial score (nSPS) is 11.0. The number of hydrogen-bond acceptors (Lipinski definition) is 3. The quantitative estimate of drug-likeness (QED) is 0.224. The maximum Gasteiger partial charge on any atom is 0.330 e.